The minimum atomic E-state index is 0.710. The third-order valence-corrected chi connectivity index (χ3v) is 3.95. The first kappa shape index (κ1) is 13.3. The van der Waals surface area contributed by atoms with Crippen LogP contribution in [-0.4, -0.2) is 24.6 Å². The highest BCUT2D eigenvalue weighted by molar-refractivity contribution is 5.52. The highest BCUT2D eigenvalue weighted by Crippen LogP contribution is 2.27. The first-order chi connectivity index (χ1) is 8.83. The number of hydrogen-bond acceptors (Lipinski definition) is 3. The Morgan fingerprint density at radius 2 is 2.11 bits per heavy atom. The zero-order valence-corrected chi connectivity index (χ0v) is 11.7. The molecule has 0 spiro atoms. The summed E-state index contributed by atoms with van der Waals surface area (Å²) in [5, 5.41) is 3.40. The molecule has 0 unspecified atom stereocenters. The van der Waals surface area contributed by atoms with Gasteiger partial charge in [0.05, 0.1) is 0 Å². The van der Waals surface area contributed by atoms with Crippen LogP contribution in [0.3, 0.4) is 0 Å². The van der Waals surface area contributed by atoms with Crippen molar-refractivity contribution in [3.63, 3.8) is 0 Å². The van der Waals surface area contributed by atoms with Gasteiger partial charge in [0, 0.05) is 43.3 Å². The Morgan fingerprint density at radius 1 is 1.33 bits per heavy atom. The SMILES string of the molecule is CCNCc1cnccc1N(C)C1CCCCC1. The molecule has 0 atom stereocenters. The van der Waals surface area contributed by atoms with Crippen molar-refractivity contribution in [2.75, 3.05) is 18.5 Å². The van der Waals surface area contributed by atoms with Crippen LogP contribution in [0.25, 0.3) is 0 Å². The Morgan fingerprint density at radius 3 is 2.83 bits per heavy atom. The zero-order valence-electron chi connectivity index (χ0n) is 11.7. The molecule has 1 saturated carbocycles. The van der Waals surface area contributed by atoms with Crippen molar-refractivity contribution in [1.82, 2.24) is 10.3 Å². The number of nitrogens with zero attached hydrogens (tertiary/aromatic N) is 2. The van der Waals surface area contributed by atoms with E-state index in [-0.39, 0.29) is 0 Å². The smallest absolute Gasteiger partial charge is 0.0442 e. The Bertz CT molecular complexity index is 359. The summed E-state index contributed by atoms with van der Waals surface area (Å²) in [6.07, 6.45) is 10.7. The van der Waals surface area contributed by atoms with E-state index in [1.807, 2.05) is 12.4 Å². The van der Waals surface area contributed by atoms with Gasteiger partial charge in [-0.15, -0.1) is 0 Å². The van der Waals surface area contributed by atoms with Crippen molar-refractivity contribution in [3.05, 3.63) is 24.0 Å². The molecule has 1 heterocycles. The lowest BCUT2D eigenvalue weighted by atomic mass is 9.94. The molecule has 3 heteroatoms. The van der Waals surface area contributed by atoms with Gasteiger partial charge in [0.15, 0.2) is 0 Å². The first-order valence-electron chi connectivity index (χ1n) is 7.19. The van der Waals surface area contributed by atoms with Crippen molar-refractivity contribution in [2.24, 2.45) is 0 Å². The standard InChI is InChI=1S/C15H25N3/c1-3-16-11-13-12-17-10-9-15(13)18(2)14-7-5-4-6-8-14/h9-10,12,14,16H,3-8,11H2,1-2H3. The number of aromatic nitrogens is 1. The maximum atomic E-state index is 4.26. The van der Waals surface area contributed by atoms with Gasteiger partial charge in [0.25, 0.3) is 0 Å². The van der Waals surface area contributed by atoms with E-state index >= 15 is 0 Å². The van der Waals surface area contributed by atoms with Crippen LogP contribution < -0.4 is 10.2 Å². The summed E-state index contributed by atoms with van der Waals surface area (Å²) in [5.74, 6) is 0. The number of pyridine rings is 1. The molecule has 0 radical (unpaired) electrons. The molecule has 1 N–H and O–H groups in total. The molecule has 0 aliphatic heterocycles. The van der Waals surface area contributed by atoms with Crippen molar-refractivity contribution in [2.45, 2.75) is 51.6 Å². The van der Waals surface area contributed by atoms with Gasteiger partial charge in [-0.1, -0.05) is 26.2 Å². The van der Waals surface area contributed by atoms with Gasteiger partial charge < -0.3 is 10.2 Å². The molecular weight excluding hydrogens is 222 g/mol. The molecule has 1 aromatic rings. The van der Waals surface area contributed by atoms with Crippen LogP contribution in [0.5, 0.6) is 0 Å². The van der Waals surface area contributed by atoms with Gasteiger partial charge in [-0.05, 0) is 25.5 Å². The number of hydrogen-bond donors (Lipinski definition) is 1. The largest absolute Gasteiger partial charge is 0.371 e. The fourth-order valence-corrected chi connectivity index (χ4v) is 2.82. The summed E-state index contributed by atoms with van der Waals surface area (Å²) >= 11 is 0. The highest BCUT2D eigenvalue weighted by Gasteiger charge is 2.19. The van der Waals surface area contributed by atoms with Crippen molar-refractivity contribution < 1.29 is 0 Å². The summed E-state index contributed by atoms with van der Waals surface area (Å²) in [6.45, 7) is 4.05. The van der Waals surface area contributed by atoms with E-state index in [2.05, 4.69) is 35.2 Å². The van der Waals surface area contributed by atoms with E-state index in [1.165, 1.54) is 43.4 Å². The molecule has 1 aliphatic carbocycles. The number of anilines is 1. The molecule has 1 aliphatic rings. The number of nitrogens with one attached hydrogen (secondary N) is 1. The summed E-state index contributed by atoms with van der Waals surface area (Å²) in [5.41, 5.74) is 2.66. The van der Waals surface area contributed by atoms with E-state index < -0.39 is 0 Å². The minimum Gasteiger partial charge on any atom is -0.371 e. The molecule has 0 saturated heterocycles. The Kier molecular flexibility index (Phi) is 5.00. The van der Waals surface area contributed by atoms with Gasteiger partial charge in [-0.25, -0.2) is 0 Å². The van der Waals surface area contributed by atoms with E-state index in [4.69, 9.17) is 0 Å². The van der Waals surface area contributed by atoms with Gasteiger partial charge >= 0.3 is 0 Å². The highest BCUT2D eigenvalue weighted by atomic mass is 15.1. The summed E-state index contributed by atoms with van der Waals surface area (Å²) < 4.78 is 0. The molecule has 2 rings (SSSR count). The van der Waals surface area contributed by atoms with E-state index in [9.17, 15) is 0 Å². The lowest BCUT2D eigenvalue weighted by molar-refractivity contribution is 0.427. The predicted molar refractivity (Wildman–Crippen MR) is 76.9 cm³/mol. The zero-order chi connectivity index (χ0) is 12.8. The molecule has 1 aromatic heterocycles. The molecule has 1 fully saturated rings. The second-order valence-corrected chi connectivity index (χ2v) is 5.19. The Balaban J connectivity index is 2.10. The van der Waals surface area contributed by atoms with Crippen LogP contribution in [0.4, 0.5) is 5.69 Å². The second-order valence-electron chi connectivity index (χ2n) is 5.19. The van der Waals surface area contributed by atoms with Gasteiger partial charge in [0.1, 0.15) is 0 Å². The topological polar surface area (TPSA) is 28.2 Å². The van der Waals surface area contributed by atoms with Gasteiger partial charge in [0.2, 0.25) is 0 Å². The molecular formula is C15H25N3. The third-order valence-electron chi connectivity index (χ3n) is 3.95. The monoisotopic (exact) mass is 247 g/mol. The van der Waals surface area contributed by atoms with Crippen LogP contribution in [0, 0.1) is 0 Å². The van der Waals surface area contributed by atoms with E-state index in [0.29, 0.717) is 6.04 Å². The summed E-state index contributed by atoms with van der Waals surface area (Å²) in [7, 11) is 2.24. The van der Waals surface area contributed by atoms with Crippen molar-refractivity contribution in [1.29, 1.82) is 0 Å². The second kappa shape index (κ2) is 6.74. The molecule has 3 nitrogen and oxygen atoms in total. The summed E-state index contributed by atoms with van der Waals surface area (Å²) in [6, 6.07) is 2.86. The number of rotatable bonds is 5. The van der Waals surface area contributed by atoms with Crippen LogP contribution in [0.1, 0.15) is 44.6 Å². The van der Waals surface area contributed by atoms with E-state index in [1.54, 1.807) is 0 Å². The van der Waals surface area contributed by atoms with Crippen LogP contribution in [0.2, 0.25) is 0 Å². The van der Waals surface area contributed by atoms with Crippen molar-refractivity contribution in [3.8, 4) is 0 Å². The maximum Gasteiger partial charge on any atom is 0.0442 e. The molecule has 100 valence electrons. The van der Waals surface area contributed by atoms with Crippen LogP contribution in [0.15, 0.2) is 18.5 Å². The maximum absolute atomic E-state index is 4.26. The Hall–Kier alpha value is -1.09. The minimum absolute atomic E-state index is 0.710. The summed E-state index contributed by atoms with van der Waals surface area (Å²) in [4.78, 5) is 6.72. The van der Waals surface area contributed by atoms with Crippen LogP contribution in [-0.2, 0) is 6.54 Å². The van der Waals surface area contributed by atoms with E-state index in [0.717, 1.165) is 13.1 Å². The van der Waals surface area contributed by atoms with Crippen molar-refractivity contribution >= 4 is 5.69 Å². The van der Waals surface area contributed by atoms with Crippen LogP contribution >= 0.6 is 0 Å². The Labute approximate surface area is 111 Å². The average Bonchev–Trinajstić information content (AvgIpc) is 2.45. The molecule has 0 aromatic carbocycles. The molecule has 0 bridgehead atoms. The van der Waals surface area contributed by atoms with Gasteiger partial charge in [-0.2, -0.15) is 0 Å². The fraction of sp³-hybridized carbons (Fsp3) is 0.667. The average molecular weight is 247 g/mol. The lowest BCUT2D eigenvalue weighted by Gasteiger charge is -2.34. The third kappa shape index (κ3) is 3.22. The molecule has 18 heavy (non-hydrogen) atoms. The lowest BCUT2D eigenvalue weighted by Crippen LogP contribution is -2.34. The first-order valence-corrected chi connectivity index (χ1v) is 7.19. The fourth-order valence-electron chi connectivity index (χ4n) is 2.82. The predicted octanol–water partition coefficient (Wildman–Crippen LogP) is 2.96. The molecule has 0 amide bonds. The van der Waals surface area contributed by atoms with Gasteiger partial charge in [-0.3, -0.25) is 4.98 Å². The normalized spacial score (nSPS) is 16.8. The quantitative estimate of drug-likeness (QED) is 0.867.